The molecule has 0 unspecified atom stereocenters. The van der Waals surface area contributed by atoms with E-state index in [1.807, 2.05) is 45.0 Å². The molecule has 0 radical (unpaired) electrons. The first-order chi connectivity index (χ1) is 9.61. The van der Waals surface area contributed by atoms with E-state index in [2.05, 4.69) is 5.32 Å². The number of hydrogen-bond donors (Lipinski definition) is 1. The van der Waals surface area contributed by atoms with Crippen LogP contribution in [0.2, 0.25) is 0 Å². The summed E-state index contributed by atoms with van der Waals surface area (Å²) in [5.74, 6) is 0. The second-order valence-corrected chi connectivity index (χ2v) is 5.37. The summed E-state index contributed by atoms with van der Waals surface area (Å²) in [6, 6.07) is 7.99. The normalized spacial score (nSPS) is 19.6. The van der Waals surface area contributed by atoms with Gasteiger partial charge < -0.3 is 10.1 Å². The highest BCUT2D eigenvalue weighted by molar-refractivity contribution is 5.92. The van der Waals surface area contributed by atoms with Crippen LogP contribution in [0, 0.1) is 6.92 Å². The summed E-state index contributed by atoms with van der Waals surface area (Å²) in [5, 5.41) is 3.05. The number of hydrogen-bond acceptors (Lipinski definition) is 2. The third-order valence-corrected chi connectivity index (χ3v) is 3.75. The zero-order valence-corrected chi connectivity index (χ0v) is 12.6. The number of rotatable bonds is 4. The molecule has 2 amide bonds. The molecule has 1 aliphatic heterocycles. The number of carbonyl (C=O) groups is 1. The third-order valence-electron chi connectivity index (χ3n) is 3.75. The van der Waals surface area contributed by atoms with E-state index < -0.39 is 0 Å². The van der Waals surface area contributed by atoms with Crippen molar-refractivity contribution in [1.82, 2.24) is 5.32 Å². The highest BCUT2D eigenvalue weighted by Crippen LogP contribution is 2.18. The van der Waals surface area contributed by atoms with Gasteiger partial charge in [0.2, 0.25) is 0 Å². The molecule has 0 saturated carbocycles. The molecular formula is C16H24N2O2. The van der Waals surface area contributed by atoms with Crippen LogP contribution in [-0.2, 0) is 4.74 Å². The van der Waals surface area contributed by atoms with Gasteiger partial charge in [-0.15, -0.1) is 0 Å². The maximum absolute atomic E-state index is 12.4. The van der Waals surface area contributed by atoms with Gasteiger partial charge in [0.25, 0.3) is 0 Å². The van der Waals surface area contributed by atoms with Gasteiger partial charge in [-0.2, -0.15) is 0 Å². The average molecular weight is 276 g/mol. The number of urea groups is 1. The minimum Gasteiger partial charge on any atom is -0.376 e. The Kier molecular flexibility index (Phi) is 5.01. The summed E-state index contributed by atoms with van der Waals surface area (Å²) in [5.41, 5.74) is 2.09. The minimum atomic E-state index is -0.0545. The summed E-state index contributed by atoms with van der Waals surface area (Å²) in [7, 11) is 0. The Morgan fingerprint density at radius 2 is 2.35 bits per heavy atom. The Bertz CT molecular complexity index is 456. The van der Waals surface area contributed by atoms with Crippen LogP contribution < -0.4 is 10.2 Å². The van der Waals surface area contributed by atoms with Crippen LogP contribution in [-0.4, -0.2) is 31.3 Å². The molecule has 0 aromatic heterocycles. The van der Waals surface area contributed by atoms with E-state index in [1.165, 1.54) is 0 Å². The van der Waals surface area contributed by atoms with Gasteiger partial charge in [0.05, 0.1) is 12.1 Å². The van der Waals surface area contributed by atoms with Gasteiger partial charge in [-0.05, 0) is 51.3 Å². The lowest BCUT2D eigenvalue weighted by Gasteiger charge is -2.26. The standard InChI is InChI=1S/C16H24N2O2/c1-4-18(14-8-5-7-12(2)11-14)16(19)17-13(3)15-9-6-10-20-15/h5,7-8,11,13,15H,4,6,9-10H2,1-3H3,(H,17,19)/t13-,15-/m1/s1. The minimum absolute atomic E-state index is 0.0452. The van der Waals surface area contributed by atoms with Gasteiger partial charge in [0.15, 0.2) is 0 Å². The lowest BCUT2D eigenvalue weighted by Crippen LogP contribution is -2.48. The number of carbonyl (C=O) groups excluding carboxylic acids is 1. The van der Waals surface area contributed by atoms with Gasteiger partial charge in [0, 0.05) is 18.8 Å². The molecule has 4 heteroatoms. The number of amides is 2. The van der Waals surface area contributed by atoms with Crippen molar-refractivity contribution in [3.8, 4) is 0 Å². The van der Waals surface area contributed by atoms with Crippen LogP contribution in [0.5, 0.6) is 0 Å². The van der Waals surface area contributed by atoms with Gasteiger partial charge >= 0.3 is 6.03 Å². The SMILES string of the molecule is CCN(C(=O)N[C@H](C)[C@H]1CCCO1)c1cccc(C)c1. The Balaban J connectivity index is 2.01. The van der Waals surface area contributed by atoms with E-state index in [-0.39, 0.29) is 18.2 Å². The number of nitrogens with zero attached hydrogens (tertiary/aromatic N) is 1. The molecule has 1 aromatic rings. The van der Waals surface area contributed by atoms with Crippen LogP contribution in [0.15, 0.2) is 24.3 Å². The molecule has 110 valence electrons. The topological polar surface area (TPSA) is 41.6 Å². The smallest absolute Gasteiger partial charge is 0.322 e. The van der Waals surface area contributed by atoms with E-state index >= 15 is 0 Å². The molecule has 0 aliphatic carbocycles. The Morgan fingerprint density at radius 1 is 1.55 bits per heavy atom. The average Bonchev–Trinajstić information content (AvgIpc) is 2.93. The van der Waals surface area contributed by atoms with Gasteiger partial charge in [0.1, 0.15) is 0 Å². The Labute approximate surface area is 121 Å². The molecule has 20 heavy (non-hydrogen) atoms. The second kappa shape index (κ2) is 6.75. The first-order valence-corrected chi connectivity index (χ1v) is 7.38. The molecule has 1 saturated heterocycles. The van der Waals surface area contributed by atoms with E-state index in [0.29, 0.717) is 6.54 Å². The largest absolute Gasteiger partial charge is 0.376 e. The summed E-state index contributed by atoms with van der Waals surface area (Å²) in [6.45, 7) is 7.48. The third kappa shape index (κ3) is 3.51. The lowest BCUT2D eigenvalue weighted by atomic mass is 10.1. The maximum Gasteiger partial charge on any atom is 0.322 e. The van der Waals surface area contributed by atoms with Crippen molar-refractivity contribution in [3.63, 3.8) is 0 Å². The van der Waals surface area contributed by atoms with E-state index in [9.17, 15) is 4.79 Å². The summed E-state index contributed by atoms with van der Waals surface area (Å²) in [6.07, 6.45) is 2.26. The van der Waals surface area contributed by atoms with Crippen molar-refractivity contribution in [3.05, 3.63) is 29.8 Å². The molecule has 1 aliphatic rings. The van der Waals surface area contributed by atoms with Crippen molar-refractivity contribution in [2.24, 2.45) is 0 Å². The predicted octanol–water partition coefficient (Wildman–Crippen LogP) is 3.10. The molecular weight excluding hydrogens is 252 g/mol. The van der Waals surface area contributed by atoms with E-state index in [1.54, 1.807) is 4.90 Å². The molecule has 1 fully saturated rings. The summed E-state index contributed by atoms with van der Waals surface area (Å²) < 4.78 is 5.62. The molecule has 2 atom stereocenters. The van der Waals surface area contributed by atoms with Gasteiger partial charge in [-0.1, -0.05) is 12.1 Å². The molecule has 1 heterocycles. The Morgan fingerprint density at radius 3 is 2.95 bits per heavy atom. The fraction of sp³-hybridized carbons (Fsp3) is 0.562. The molecule has 2 rings (SSSR count). The van der Waals surface area contributed by atoms with Gasteiger partial charge in [-0.25, -0.2) is 4.79 Å². The second-order valence-electron chi connectivity index (χ2n) is 5.37. The van der Waals surface area contributed by atoms with Crippen molar-refractivity contribution in [1.29, 1.82) is 0 Å². The van der Waals surface area contributed by atoms with Crippen LogP contribution in [0.3, 0.4) is 0 Å². The highest BCUT2D eigenvalue weighted by Gasteiger charge is 2.25. The highest BCUT2D eigenvalue weighted by atomic mass is 16.5. The van der Waals surface area contributed by atoms with Crippen LogP contribution in [0.1, 0.15) is 32.3 Å². The zero-order valence-electron chi connectivity index (χ0n) is 12.6. The zero-order chi connectivity index (χ0) is 14.5. The van der Waals surface area contributed by atoms with E-state index in [4.69, 9.17) is 4.74 Å². The fourth-order valence-electron chi connectivity index (χ4n) is 2.60. The molecule has 1 aromatic carbocycles. The first kappa shape index (κ1) is 14.9. The number of aryl methyl sites for hydroxylation is 1. The van der Waals surface area contributed by atoms with Gasteiger partial charge in [-0.3, -0.25) is 4.90 Å². The summed E-state index contributed by atoms with van der Waals surface area (Å²) in [4.78, 5) is 14.2. The molecule has 4 nitrogen and oxygen atoms in total. The van der Waals surface area contributed by atoms with Crippen LogP contribution >= 0.6 is 0 Å². The maximum atomic E-state index is 12.4. The lowest BCUT2D eigenvalue weighted by molar-refractivity contribution is 0.0864. The predicted molar refractivity (Wildman–Crippen MR) is 81.2 cm³/mol. The van der Waals surface area contributed by atoms with Crippen molar-refractivity contribution in [2.45, 2.75) is 45.8 Å². The monoisotopic (exact) mass is 276 g/mol. The summed E-state index contributed by atoms with van der Waals surface area (Å²) >= 11 is 0. The van der Waals surface area contributed by atoms with E-state index in [0.717, 1.165) is 30.7 Å². The Hall–Kier alpha value is -1.55. The van der Waals surface area contributed by atoms with Crippen LogP contribution in [0.25, 0.3) is 0 Å². The quantitative estimate of drug-likeness (QED) is 0.918. The first-order valence-electron chi connectivity index (χ1n) is 7.38. The molecule has 0 spiro atoms. The fourth-order valence-corrected chi connectivity index (χ4v) is 2.60. The van der Waals surface area contributed by atoms with Crippen molar-refractivity contribution >= 4 is 11.7 Å². The number of benzene rings is 1. The number of nitrogens with one attached hydrogen (secondary N) is 1. The van der Waals surface area contributed by atoms with Crippen molar-refractivity contribution < 1.29 is 9.53 Å². The molecule has 1 N–H and O–H groups in total. The van der Waals surface area contributed by atoms with Crippen molar-refractivity contribution in [2.75, 3.05) is 18.1 Å². The van der Waals surface area contributed by atoms with Crippen LogP contribution in [0.4, 0.5) is 10.5 Å². The number of anilines is 1. The number of ether oxygens (including phenoxy) is 1. The molecule has 0 bridgehead atoms.